The molecule has 4 heterocycles. The van der Waals surface area contributed by atoms with Crippen molar-refractivity contribution in [2.24, 2.45) is 5.73 Å². The first-order chi connectivity index (χ1) is 33.5. The number of hydrogen-bond donors (Lipinski definition) is 17. The number of aliphatic carboxylic acids is 1. The van der Waals surface area contributed by atoms with Gasteiger partial charge >= 0.3 is 5.97 Å². The Hall–Kier alpha value is -3.49. The molecule has 0 aliphatic carbocycles. The quantitative estimate of drug-likeness (QED) is 0.0358. The fourth-order valence-electron chi connectivity index (χ4n) is 7.93. The van der Waals surface area contributed by atoms with Gasteiger partial charge in [-0.3, -0.25) is 24.0 Å². The van der Waals surface area contributed by atoms with Crippen molar-refractivity contribution in [1.29, 1.82) is 0 Å². The van der Waals surface area contributed by atoms with E-state index in [-0.39, 0.29) is 26.0 Å². The lowest BCUT2D eigenvalue weighted by Gasteiger charge is -2.46. The summed E-state index contributed by atoms with van der Waals surface area (Å²) in [6, 6.07) is -1.59. The van der Waals surface area contributed by atoms with Crippen molar-refractivity contribution >= 4 is 29.6 Å². The van der Waals surface area contributed by atoms with Gasteiger partial charge in [0.15, 0.2) is 25.2 Å². The van der Waals surface area contributed by atoms with Gasteiger partial charge in [-0.2, -0.15) is 0 Å². The van der Waals surface area contributed by atoms with Crippen molar-refractivity contribution < 1.29 is 133 Å². The number of carbonyl (C=O) groups excluding carboxylic acids is 4. The average Bonchev–Trinajstić information content (AvgIpc) is 3.33. The van der Waals surface area contributed by atoms with Crippen LogP contribution in [0.3, 0.4) is 0 Å². The molecule has 71 heavy (non-hydrogen) atoms. The fraction of sp³-hybridized carbons (Fsp3) is 0.875. The summed E-state index contributed by atoms with van der Waals surface area (Å²) in [4.78, 5) is 64.1. The number of aliphatic hydroxyl groups is 13. The average molecular weight is 1040 g/mol. The Morgan fingerprint density at radius 2 is 1.14 bits per heavy atom. The van der Waals surface area contributed by atoms with Crippen LogP contribution in [0.15, 0.2) is 0 Å². The third-order valence-corrected chi connectivity index (χ3v) is 12.1. The second-order valence-corrected chi connectivity index (χ2v) is 17.2. The molecule has 4 fully saturated rings. The summed E-state index contributed by atoms with van der Waals surface area (Å²) in [5.41, 5.74) is 5.34. The number of nitrogens with two attached hydrogens (primary N) is 1. The maximum absolute atomic E-state index is 13.9. The molecule has 0 radical (unpaired) electrons. The number of amides is 4. The molecule has 0 aromatic rings. The van der Waals surface area contributed by atoms with Crippen molar-refractivity contribution in [3.8, 4) is 0 Å². The number of nitrogens with zero attached hydrogens (tertiary/aromatic N) is 1. The predicted molar refractivity (Wildman–Crippen MR) is 225 cm³/mol. The number of rotatable bonds is 26. The molecule has 4 saturated heterocycles. The third-order valence-electron chi connectivity index (χ3n) is 12.1. The Morgan fingerprint density at radius 3 is 1.73 bits per heavy atom. The molecular weight excluding hydrogens is 968 g/mol. The number of carboxylic acid groups (broad SMARTS) is 1. The number of carbonyl (C=O) groups is 5. The van der Waals surface area contributed by atoms with Crippen LogP contribution in [0, 0.1) is 0 Å². The monoisotopic (exact) mass is 1040 g/mol. The number of ether oxygens (including phenoxy) is 8. The highest BCUT2D eigenvalue weighted by Gasteiger charge is 2.52. The molecule has 4 aliphatic rings. The van der Waals surface area contributed by atoms with Crippen molar-refractivity contribution in [3.63, 3.8) is 0 Å². The molecule has 0 saturated carbocycles. The molecule has 0 aromatic heterocycles. The van der Waals surface area contributed by atoms with E-state index in [2.05, 4.69) is 10.6 Å². The summed E-state index contributed by atoms with van der Waals surface area (Å²) in [5.74, 6) is -4.82. The molecule has 18 N–H and O–H groups in total. The minimum absolute atomic E-state index is 0.115. The Balaban J connectivity index is 1.49. The van der Waals surface area contributed by atoms with E-state index >= 15 is 0 Å². The van der Waals surface area contributed by atoms with Gasteiger partial charge in [0, 0.05) is 32.4 Å². The summed E-state index contributed by atoms with van der Waals surface area (Å²) in [6.45, 7) is -3.56. The summed E-state index contributed by atoms with van der Waals surface area (Å²) >= 11 is 0. The highest BCUT2D eigenvalue weighted by molar-refractivity contribution is 5.90. The van der Waals surface area contributed by atoms with Crippen LogP contribution in [-0.2, 0) is 61.9 Å². The van der Waals surface area contributed by atoms with E-state index in [1.807, 2.05) is 0 Å². The number of carboxylic acids is 1. The van der Waals surface area contributed by atoms with Gasteiger partial charge in [0.05, 0.1) is 39.1 Å². The van der Waals surface area contributed by atoms with Crippen LogP contribution >= 0.6 is 0 Å². The smallest absolute Gasteiger partial charge is 0.322 e. The van der Waals surface area contributed by atoms with Crippen molar-refractivity contribution in [2.45, 2.75) is 168 Å². The zero-order valence-corrected chi connectivity index (χ0v) is 38.4. The zero-order valence-electron chi connectivity index (χ0n) is 38.4. The first-order valence-corrected chi connectivity index (χ1v) is 22.7. The number of aliphatic hydroxyl groups excluding tert-OH is 13. The highest BCUT2D eigenvalue weighted by atomic mass is 16.8. The lowest BCUT2D eigenvalue weighted by Crippen LogP contribution is -2.65. The van der Waals surface area contributed by atoms with E-state index in [4.69, 9.17) is 43.6 Å². The summed E-state index contributed by atoms with van der Waals surface area (Å²) in [6.07, 6.45) is -36.1. The van der Waals surface area contributed by atoms with Gasteiger partial charge in [-0.25, -0.2) is 0 Å². The SMILES string of the molecule is C[C@@H]1O[C@@H](OCCNC(=O)CCCC(=O)N(CCO[C@H]2O[C@H](CO[C@H]3O[C@H](CO)[C@@H](O)[C@H](O)[C@@H]3O)[C@@H](O)[C@H](O[C@H]3O[C@H](CO)[C@@H](O)[C@H](O)[C@@H]3O)[C@@H]2O)[C@@H](CCC(N)=O)C(=O)NCC(=O)O)[C@@H](O)[C@H](O)[C@@H]1O. The van der Waals surface area contributed by atoms with E-state index in [9.17, 15) is 95.5 Å². The molecule has 0 spiro atoms. The van der Waals surface area contributed by atoms with Crippen molar-refractivity contribution in [2.75, 3.05) is 52.7 Å². The Labute approximate surface area is 404 Å². The largest absolute Gasteiger partial charge is 0.480 e. The predicted octanol–water partition coefficient (Wildman–Crippen LogP) is -10.8. The molecule has 21 atom stereocenters. The minimum atomic E-state index is -2.08. The van der Waals surface area contributed by atoms with E-state index in [1.54, 1.807) is 0 Å². The fourth-order valence-corrected chi connectivity index (χ4v) is 7.93. The Bertz CT molecular complexity index is 1700. The van der Waals surface area contributed by atoms with Crippen molar-refractivity contribution in [3.05, 3.63) is 0 Å². The molecule has 0 unspecified atom stereocenters. The van der Waals surface area contributed by atoms with Crippen LogP contribution in [-0.4, -0.2) is 288 Å². The molecule has 410 valence electrons. The van der Waals surface area contributed by atoms with Crippen LogP contribution in [0.1, 0.15) is 39.0 Å². The first kappa shape index (κ1) is 60.1. The molecule has 0 bridgehead atoms. The second kappa shape index (κ2) is 28.3. The second-order valence-electron chi connectivity index (χ2n) is 17.2. The topological polar surface area (TPSA) is 496 Å². The maximum atomic E-state index is 13.9. The minimum Gasteiger partial charge on any atom is -0.480 e. The molecule has 4 amide bonds. The number of primary amides is 1. The van der Waals surface area contributed by atoms with E-state index < -0.39 is 217 Å². The zero-order chi connectivity index (χ0) is 52.9. The van der Waals surface area contributed by atoms with Gasteiger partial charge in [-0.05, 0) is 19.8 Å². The first-order valence-electron chi connectivity index (χ1n) is 22.7. The summed E-state index contributed by atoms with van der Waals surface area (Å²) < 4.78 is 44.2. The Morgan fingerprint density at radius 1 is 0.606 bits per heavy atom. The third kappa shape index (κ3) is 16.3. The molecule has 4 rings (SSSR count). The van der Waals surface area contributed by atoms with E-state index in [0.29, 0.717) is 0 Å². The van der Waals surface area contributed by atoms with Crippen LogP contribution < -0.4 is 16.4 Å². The normalized spacial score (nSPS) is 37.9. The Kier molecular flexibility index (Phi) is 23.9. The van der Waals surface area contributed by atoms with Crippen LogP contribution in [0.2, 0.25) is 0 Å². The summed E-state index contributed by atoms with van der Waals surface area (Å²) in [7, 11) is 0. The molecule has 31 heteroatoms. The van der Waals surface area contributed by atoms with Gasteiger partial charge in [0.25, 0.3) is 0 Å². The molecule has 0 aromatic carbocycles. The standard InChI is InChI=1S/C40H68N4O27/c1-15-24(52)28(56)31(59)37(67-15)64-9-7-42-21(48)3-2-4-22(49)44(16(5-6-20(41)47)36(63)43-11-23(50)51)8-10-65-39-34(62)35(71-40-33(61)30(58)26(54)18(13-46)69-40)27(55)19(70-39)14-66-38-32(60)29(57)25(53)17(12-45)68-38/h15-19,24-35,37-40,45-46,52-62H,2-14H2,1H3,(H2,41,47)(H,42,48)(H,43,63)(H,50,51)/t15-,16-,17+,18+,19+,24+,25+,26+,27+,28+,29-,30-,31-,32-,33-,34-,35-,37+,38-,39-,40+/m0/s1. The van der Waals surface area contributed by atoms with E-state index in [0.717, 1.165) is 4.90 Å². The molecule has 31 nitrogen and oxygen atoms in total. The number of nitrogens with one attached hydrogen (secondary N) is 2. The van der Waals surface area contributed by atoms with Gasteiger partial charge in [0.2, 0.25) is 23.6 Å². The van der Waals surface area contributed by atoms with Crippen LogP contribution in [0.25, 0.3) is 0 Å². The molecule has 4 aliphatic heterocycles. The van der Waals surface area contributed by atoms with Crippen LogP contribution in [0.5, 0.6) is 0 Å². The lowest BCUT2D eigenvalue weighted by molar-refractivity contribution is -0.366. The van der Waals surface area contributed by atoms with Gasteiger partial charge in [0.1, 0.15) is 104 Å². The van der Waals surface area contributed by atoms with Gasteiger partial charge in [-0.15, -0.1) is 0 Å². The van der Waals surface area contributed by atoms with Crippen molar-refractivity contribution in [1.82, 2.24) is 15.5 Å². The van der Waals surface area contributed by atoms with Gasteiger partial charge in [-0.1, -0.05) is 0 Å². The van der Waals surface area contributed by atoms with E-state index in [1.165, 1.54) is 6.92 Å². The van der Waals surface area contributed by atoms with Crippen LogP contribution in [0.4, 0.5) is 0 Å². The maximum Gasteiger partial charge on any atom is 0.322 e. The van der Waals surface area contributed by atoms with Gasteiger partial charge < -0.3 is 131 Å². The number of hydrogen-bond acceptors (Lipinski definition) is 26. The summed E-state index contributed by atoms with van der Waals surface area (Å²) in [5, 5.41) is 148. The highest BCUT2D eigenvalue weighted by Crippen LogP contribution is 2.31. The molecular formula is C40H68N4O27. The lowest BCUT2D eigenvalue weighted by atomic mass is 9.96.